The van der Waals surface area contributed by atoms with Crippen LogP contribution in [0.5, 0.6) is 0 Å². The number of hydrogen-bond acceptors (Lipinski definition) is 3. The molecule has 5 nitrogen and oxygen atoms in total. The van der Waals surface area contributed by atoms with Crippen LogP contribution in [0.2, 0.25) is 0 Å². The van der Waals surface area contributed by atoms with Gasteiger partial charge in [0.1, 0.15) is 11.4 Å². The van der Waals surface area contributed by atoms with Crippen molar-refractivity contribution in [3.63, 3.8) is 0 Å². The minimum absolute atomic E-state index is 0.103. The number of hydrogen-bond donors (Lipinski definition) is 2. The molecule has 0 atom stereocenters. The van der Waals surface area contributed by atoms with Crippen molar-refractivity contribution in [3.8, 4) is 0 Å². The number of aromatic amines is 1. The van der Waals surface area contributed by atoms with Crippen molar-refractivity contribution < 1.29 is 4.39 Å². The van der Waals surface area contributed by atoms with Crippen LogP contribution in [0.15, 0.2) is 15.8 Å². The van der Waals surface area contributed by atoms with Crippen molar-refractivity contribution in [2.45, 2.75) is 26.1 Å². The Bertz CT molecular complexity index is 441. The molecule has 0 aromatic carbocycles. The van der Waals surface area contributed by atoms with Crippen LogP contribution in [0.4, 0.5) is 10.1 Å². The highest BCUT2D eigenvalue weighted by Gasteiger charge is 2.17. The first-order valence-electron chi connectivity index (χ1n) is 4.08. The lowest BCUT2D eigenvalue weighted by Crippen LogP contribution is -2.35. The van der Waals surface area contributed by atoms with E-state index in [1.54, 1.807) is 0 Å². The summed E-state index contributed by atoms with van der Waals surface area (Å²) in [4.78, 5) is 24.0. The van der Waals surface area contributed by atoms with Gasteiger partial charge in [-0.25, -0.2) is 9.18 Å². The molecule has 0 radical (unpaired) electrons. The van der Waals surface area contributed by atoms with Crippen LogP contribution in [0.1, 0.15) is 13.8 Å². The smallest absolute Gasteiger partial charge is 0.328 e. The number of alkyl halides is 1. The van der Waals surface area contributed by atoms with Crippen molar-refractivity contribution in [3.05, 3.63) is 27.0 Å². The van der Waals surface area contributed by atoms with Crippen molar-refractivity contribution in [2.24, 2.45) is 0 Å². The van der Waals surface area contributed by atoms with Gasteiger partial charge in [0.15, 0.2) is 0 Å². The van der Waals surface area contributed by atoms with Gasteiger partial charge in [-0.15, -0.1) is 0 Å². The zero-order valence-corrected chi connectivity index (χ0v) is 8.00. The summed E-state index contributed by atoms with van der Waals surface area (Å²) in [7, 11) is 0. The summed E-state index contributed by atoms with van der Waals surface area (Å²) in [6, 6.07) is 0. The molecule has 0 aliphatic carbocycles. The van der Waals surface area contributed by atoms with Gasteiger partial charge < -0.3 is 5.73 Å². The Morgan fingerprint density at radius 2 is 2.14 bits per heavy atom. The van der Waals surface area contributed by atoms with Gasteiger partial charge in [-0.05, 0) is 13.8 Å². The summed E-state index contributed by atoms with van der Waals surface area (Å²) in [6.45, 7) is 2.52. The SMILES string of the molecule is CC(C)(F)Cn1cc(N)c(=O)[nH]c1=O. The van der Waals surface area contributed by atoms with Crippen LogP contribution in [0.25, 0.3) is 0 Å². The van der Waals surface area contributed by atoms with Gasteiger partial charge in [0.05, 0.1) is 6.54 Å². The van der Waals surface area contributed by atoms with E-state index >= 15 is 0 Å². The first kappa shape index (κ1) is 10.5. The predicted octanol–water partition coefficient (Wildman–Crippen LogP) is -0.133. The van der Waals surface area contributed by atoms with Crippen molar-refractivity contribution in [2.75, 3.05) is 5.73 Å². The van der Waals surface area contributed by atoms with E-state index in [-0.39, 0.29) is 12.2 Å². The minimum Gasteiger partial charge on any atom is -0.393 e. The summed E-state index contributed by atoms with van der Waals surface area (Å²) in [6.07, 6.45) is 1.14. The summed E-state index contributed by atoms with van der Waals surface area (Å²) in [5.74, 6) is 0. The topological polar surface area (TPSA) is 80.9 Å². The number of rotatable bonds is 2. The quantitative estimate of drug-likeness (QED) is 0.699. The standard InChI is InChI=1S/C8H12FN3O2/c1-8(2,9)4-12-3-5(10)6(13)11-7(12)14/h3H,4,10H2,1-2H3,(H,11,13,14). The maximum Gasteiger partial charge on any atom is 0.328 e. The number of nitrogens with zero attached hydrogens (tertiary/aromatic N) is 1. The predicted molar refractivity (Wildman–Crippen MR) is 50.9 cm³/mol. The van der Waals surface area contributed by atoms with E-state index in [0.717, 1.165) is 10.8 Å². The minimum atomic E-state index is -1.53. The fraction of sp³-hybridized carbons (Fsp3) is 0.500. The lowest BCUT2D eigenvalue weighted by molar-refractivity contribution is 0.183. The molecule has 1 aromatic rings. The van der Waals surface area contributed by atoms with Crippen LogP contribution in [0, 0.1) is 0 Å². The summed E-state index contributed by atoms with van der Waals surface area (Å²) >= 11 is 0. The van der Waals surface area contributed by atoms with Crippen LogP contribution in [0.3, 0.4) is 0 Å². The molecular weight excluding hydrogens is 189 g/mol. The molecule has 0 saturated heterocycles. The van der Waals surface area contributed by atoms with Crippen molar-refractivity contribution in [1.29, 1.82) is 0 Å². The average molecular weight is 201 g/mol. The molecule has 3 N–H and O–H groups in total. The van der Waals surface area contributed by atoms with Crippen LogP contribution < -0.4 is 17.0 Å². The molecule has 6 heteroatoms. The number of H-pyrrole nitrogens is 1. The Hall–Kier alpha value is -1.59. The largest absolute Gasteiger partial charge is 0.393 e. The molecule has 1 aromatic heterocycles. The number of aromatic nitrogens is 2. The Labute approximate surface area is 79.4 Å². The van der Waals surface area contributed by atoms with Gasteiger partial charge in [0.25, 0.3) is 5.56 Å². The molecule has 14 heavy (non-hydrogen) atoms. The number of nitrogens with one attached hydrogen (secondary N) is 1. The lowest BCUT2D eigenvalue weighted by Gasteiger charge is -2.15. The van der Waals surface area contributed by atoms with Gasteiger partial charge in [-0.1, -0.05) is 0 Å². The van der Waals surface area contributed by atoms with Crippen LogP contribution in [-0.4, -0.2) is 15.2 Å². The Morgan fingerprint density at radius 3 is 2.64 bits per heavy atom. The molecule has 0 aliphatic heterocycles. The highest BCUT2D eigenvalue weighted by molar-refractivity contribution is 5.30. The molecule has 0 saturated carbocycles. The molecule has 1 rings (SSSR count). The monoisotopic (exact) mass is 201 g/mol. The maximum absolute atomic E-state index is 13.2. The van der Waals surface area contributed by atoms with E-state index in [1.807, 2.05) is 4.98 Å². The van der Waals surface area contributed by atoms with Gasteiger partial charge in [-0.3, -0.25) is 14.3 Å². The third kappa shape index (κ3) is 2.45. The molecule has 0 fully saturated rings. The highest BCUT2D eigenvalue weighted by Crippen LogP contribution is 2.09. The third-order valence-corrected chi connectivity index (χ3v) is 1.58. The molecule has 0 aliphatic rings. The van der Waals surface area contributed by atoms with E-state index < -0.39 is 16.9 Å². The Balaban J connectivity index is 3.18. The Morgan fingerprint density at radius 1 is 1.57 bits per heavy atom. The number of nitrogens with two attached hydrogens (primary N) is 1. The van der Waals surface area contributed by atoms with E-state index in [4.69, 9.17) is 5.73 Å². The van der Waals surface area contributed by atoms with E-state index in [0.29, 0.717) is 0 Å². The number of anilines is 1. The van der Waals surface area contributed by atoms with Crippen LogP contribution >= 0.6 is 0 Å². The maximum atomic E-state index is 13.2. The molecule has 1 heterocycles. The summed E-state index contributed by atoms with van der Waals surface area (Å²) < 4.78 is 14.2. The third-order valence-electron chi connectivity index (χ3n) is 1.58. The normalized spacial score (nSPS) is 11.6. The molecule has 0 amide bonds. The van der Waals surface area contributed by atoms with Gasteiger partial charge in [-0.2, -0.15) is 0 Å². The lowest BCUT2D eigenvalue weighted by atomic mass is 10.2. The van der Waals surface area contributed by atoms with Crippen molar-refractivity contribution >= 4 is 5.69 Å². The van der Waals surface area contributed by atoms with E-state index in [2.05, 4.69) is 0 Å². The second kappa shape index (κ2) is 3.28. The molecule has 78 valence electrons. The summed E-state index contributed by atoms with van der Waals surface area (Å²) in [5.41, 5.74) is 2.34. The number of halogens is 1. The first-order valence-corrected chi connectivity index (χ1v) is 4.08. The molecule has 0 bridgehead atoms. The Kier molecular flexibility index (Phi) is 2.46. The first-order chi connectivity index (χ1) is 6.29. The molecule has 0 spiro atoms. The second-order valence-corrected chi connectivity index (χ2v) is 3.69. The van der Waals surface area contributed by atoms with Crippen molar-refractivity contribution in [1.82, 2.24) is 9.55 Å². The number of nitrogen functional groups attached to an aromatic ring is 1. The zero-order chi connectivity index (χ0) is 10.9. The average Bonchev–Trinajstić information content (AvgIpc) is 1.97. The highest BCUT2D eigenvalue weighted by atomic mass is 19.1. The fourth-order valence-electron chi connectivity index (χ4n) is 1.05. The second-order valence-electron chi connectivity index (χ2n) is 3.69. The zero-order valence-electron chi connectivity index (χ0n) is 8.00. The summed E-state index contributed by atoms with van der Waals surface area (Å²) in [5, 5.41) is 0. The van der Waals surface area contributed by atoms with Crippen LogP contribution in [-0.2, 0) is 6.54 Å². The fourth-order valence-corrected chi connectivity index (χ4v) is 1.05. The molecular formula is C8H12FN3O2. The van der Waals surface area contributed by atoms with Gasteiger partial charge >= 0.3 is 5.69 Å². The molecule has 0 unspecified atom stereocenters. The van der Waals surface area contributed by atoms with E-state index in [9.17, 15) is 14.0 Å². The van der Waals surface area contributed by atoms with Gasteiger partial charge in [0.2, 0.25) is 0 Å². The van der Waals surface area contributed by atoms with Gasteiger partial charge in [0, 0.05) is 6.20 Å². The van der Waals surface area contributed by atoms with E-state index in [1.165, 1.54) is 13.8 Å².